The molecule has 0 atom stereocenters. The molecular weight excluding hydrogens is 278 g/mol. The van der Waals surface area contributed by atoms with E-state index in [0.29, 0.717) is 0 Å². The predicted octanol–water partition coefficient (Wildman–Crippen LogP) is 4.76. The number of benzene rings is 2. The van der Waals surface area contributed by atoms with Crippen molar-refractivity contribution in [2.75, 3.05) is 18.1 Å². The lowest BCUT2D eigenvalue weighted by atomic mass is 10.1. The van der Waals surface area contributed by atoms with Crippen LogP contribution in [-0.2, 0) is 0 Å². The van der Waals surface area contributed by atoms with Crippen molar-refractivity contribution in [3.63, 3.8) is 0 Å². The Balaban J connectivity index is 1.76. The third-order valence-corrected chi connectivity index (χ3v) is 4.47. The molecule has 0 radical (unpaired) electrons. The number of nitrogen functional groups attached to an aromatic ring is 1. The van der Waals surface area contributed by atoms with Crippen molar-refractivity contribution in [3.8, 4) is 5.75 Å². The minimum Gasteiger partial charge on any atom is -0.494 e. The lowest BCUT2D eigenvalue weighted by Gasteiger charge is -2.09. The number of nitrogens with two attached hydrogens (primary N) is 1. The first-order valence-electron chi connectivity index (χ1n) is 7.24. The van der Waals surface area contributed by atoms with Gasteiger partial charge >= 0.3 is 0 Å². The van der Waals surface area contributed by atoms with Gasteiger partial charge in [-0.3, -0.25) is 0 Å². The molecule has 0 unspecified atom stereocenters. The summed E-state index contributed by atoms with van der Waals surface area (Å²) in [5, 5.41) is 0. The molecule has 0 bridgehead atoms. The van der Waals surface area contributed by atoms with Gasteiger partial charge in [-0.2, -0.15) is 0 Å². The van der Waals surface area contributed by atoms with Crippen LogP contribution in [0.5, 0.6) is 5.75 Å². The van der Waals surface area contributed by atoms with E-state index in [1.54, 1.807) is 0 Å². The number of ether oxygens (including phenoxy) is 1. The molecule has 2 aromatic rings. The average molecular weight is 301 g/mol. The van der Waals surface area contributed by atoms with Crippen LogP contribution in [0.4, 0.5) is 5.69 Å². The fraction of sp³-hybridized carbons (Fsp3) is 0.333. The highest BCUT2D eigenvalue weighted by molar-refractivity contribution is 7.99. The summed E-state index contributed by atoms with van der Waals surface area (Å²) in [6.07, 6.45) is 1.02. The summed E-state index contributed by atoms with van der Waals surface area (Å²) in [4.78, 5) is 1.27. The second kappa shape index (κ2) is 7.41. The Kier molecular flexibility index (Phi) is 5.57. The topological polar surface area (TPSA) is 35.2 Å². The summed E-state index contributed by atoms with van der Waals surface area (Å²) in [6.45, 7) is 7.06. The van der Waals surface area contributed by atoms with Crippen molar-refractivity contribution < 1.29 is 4.74 Å². The van der Waals surface area contributed by atoms with Crippen LogP contribution in [0.2, 0.25) is 0 Å². The highest BCUT2D eigenvalue weighted by Crippen LogP contribution is 2.25. The van der Waals surface area contributed by atoms with E-state index in [4.69, 9.17) is 10.5 Å². The Morgan fingerprint density at radius 1 is 1.00 bits per heavy atom. The summed E-state index contributed by atoms with van der Waals surface area (Å²) in [5.74, 6) is 2.01. The van der Waals surface area contributed by atoms with Crippen LogP contribution >= 0.6 is 11.8 Å². The summed E-state index contributed by atoms with van der Waals surface area (Å²) < 4.78 is 5.82. The standard InChI is InChI=1S/C18H23NOS/c1-13-9-14(2)11-17(10-13)20-7-4-8-21-18-12-16(19)6-5-15(18)3/h5-6,9-12H,4,7-8,19H2,1-3H3. The van der Waals surface area contributed by atoms with Crippen LogP contribution in [0.15, 0.2) is 41.3 Å². The third kappa shape index (κ3) is 5.01. The van der Waals surface area contributed by atoms with Gasteiger partial charge in [-0.15, -0.1) is 11.8 Å². The number of hydrogen-bond acceptors (Lipinski definition) is 3. The minimum absolute atomic E-state index is 0.747. The Labute approximate surface area is 131 Å². The Morgan fingerprint density at radius 3 is 2.43 bits per heavy atom. The van der Waals surface area contributed by atoms with E-state index >= 15 is 0 Å². The maximum absolute atomic E-state index is 5.82. The molecule has 0 fully saturated rings. The molecule has 21 heavy (non-hydrogen) atoms. The van der Waals surface area contributed by atoms with Crippen molar-refractivity contribution in [1.29, 1.82) is 0 Å². The zero-order valence-corrected chi connectivity index (χ0v) is 13.8. The molecular formula is C18H23NOS. The largest absolute Gasteiger partial charge is 0.494 e. The molecule has 0 aliphatic heterocycles. The predicted molar refractivity (Wildman–Crippen MR) is 92.3 cm³/mol. The first kappa shape index (κ1) is 15.8. The Bertz CT molecular complexity index is 590. The summed E-state index contributed by atoms with van der Waals surface area (Å²) in [5.41, 5.74) is 10.4. The van der Waals surface area contributed by atoms with Gasteiger partial charge in [0.25, 0.3) is 0 Å². The molecule has 3 heteroatoms. The molecule has 2 nitrogen and oxygen atoms in total. The van der Waals surface area contributed by atoms with Gasteiger partial charge in [0.1, 0.15) is 5.75 Å². The van der Waals surface area contributed by atoms with E-state index in [9.17, 15) is 0 Å². The molecule has 2 aromatic carbocycles. The van der Waals surface area contributed by atoms with Crippen molar-refractivity contribution in [2.45, 2.75) is 32.1 Å². The normalized spacial score (nSPS) is 10.6. The number of rotatable bonds is 6. The summed E-state index contributed by atoms with van der Waals surface area (Å²) in [7, 11) is 0. The minimum atomic E-state index is 0.747. The Hall–Kier alpha value is -1.61. The first-order valence-corrected chi connectivity index (χ1v) is 8.23. The van der Waals surface area contributed by atoms with Gasteiger partial charge in [-0.05, 0) is 68.1 Å². The van der Waals surface area contributed by atoms with Gasteiger partial charge in [0.2, 0.25) is 0 Å². The molecule has 0 amide bonds. The van der Waals surface area contributed by atoms with Crippen LogP contribution in [0, 0.1) is 20.8 Å². The molecule has 0 heterocycles. The second-order valence-electron chi connectivity index (χ2n) is 5.40. The summed E-state index contributed by atoms with van der Waals surface area (Å²) in [6, 6.07) is 12.4. The maximum atomic E-state index is 5.82. The van der Waals surface area contributed by atoms with Gasteiger partial charge < -0.3 is 10.5 Å². The average Bonchev–Trinajstić information content (AvgIpc) is 2.41. The fourth-order valence-electron chi connectivity index (χ4n) is 2.22. The lowest BCUT2D eigenvalue weighted by Crippen LogP contribution is -1.99. The number of hydrogen-bond donors (Lipinski definition) is 1. The van der Waals surface area contributed by atoms with Crippen molar-refractivity contribution in [3.05, 3.63) is 53.1 Å². The van der Waals surface area contributed by atoms with Crippen LogP contribution in [-0.4, -0.2) is 12.4 Å². The van der Waals surface area contributed by atoms with Crippen LogP contribution in [0.1, 0.15) is 23.1 Å². The molecule has 0 aromatic heterocycles. The second-order valence-corrected chi connectivity index (χ2v) is 6.54. The molecule has 2 N–H and O–H groups in total. The highest BCUT2D eigenvalue weighted by atomic mass is 32.2. The van der Waals surface area contributed by atoms with Gasteiger partial charge in [0.05, 0.1) is 6.61 Å². The maximum Gasteiger partial charge on any atom is 0.119 e. The molecule has 2 rings (SSSR count). The van der Waals surface area contributed by atoms with Crippen molar-refractivity contribution in [1.82, 2.24) is 0 Å². The molecule has 0 spiro atoms. The lowest BCUT2D eigenvalue weighted by molar-refractivity contribution is 0.318. The molecule has 112 valence electrons. The number of aryl methyl sites for hydroxylation is 3. The number of anilines is 1. The van der Waals surface area contributed by atoms with E-state index in [2.05, 4.69) is 45.0 Å². The summed E-state index contributed by atoms with van der Waals surface area (Å²) >= 11 is 1.84. The zero-order valence-electron chi connectivity index (χ0n) is 13.0. The van der Waals surface area contributed by atoms with E-state index < -0.39 is 0 Å². The molecule has 0 aliphatic carbocycles. The van der Waals surface area contributed by atoms with E-state index in [1.807, 2.05) is 23.9 Å². The van der Waals surface area contributed by atoms with Gasteiger partial charge in [0, 0.05) is 16.3 Å². The monoisotopic (exact) mass is 301 g/mol. The Morgan fingerprint density at radius 2 is 1.71 bits per heavy atom. The van der Waals surface area contributed by atoms with Crippen LogP contribution in [0.25, 0.3) is 0 Å². The van der Waals surface area contributed by atoms with Gasteiger partial charge in [0.15, 0.2) is 0 Å². The van der Waals surface area contributed by atoms with Crippen LogP contribution < -0.4 is 10.5 Å². The SMILES string of the molecule is Cc1cc(C)cc(OCCCSc2cc(N)ccc2C)c1. The third-order valence-electron chi connectivity index (χ3n) is 3.22. The van der Waals surface area contributed by atoms with Gasteiger partial charge in [-0.1, -0.05) is 12.1 Å². The van der Waals surface area contributed by atoms with Crippen LogP contribution in [0.3, 0.4) is 0 Å². The van der Waals surface area contributed by atoms with E-state index in [0.717, 1.165) is 30.2 Å². The van der Waals surface area contributed by atoms with Crippen molar-refractivity contribution in [2.24, 2.45) is 0 Å². The van der Waals surface area contributed by atoms with E-state index in [-0.39, 0.29) is 0 Å². The first-order chi connectivity index (χ1) is 10.0. The molecule has 0 saturated carbocycles. The molecule has 0 aliphatic rings. The van der Waals surface area contributed by atoms with E-state index in [1.165, 1.54) is 21.6 Å². The number of thioether (sulfide) groups is 1. The van der Waals surface area contributed by atoms with Gasteiger partial charge in [-0.25, -0.2) is 0 Å². The quantitative estimate of drug-likeness (QED) is 0.475. The van der Waals surface area contributed by atoms with Crippen molar-refractivity contribution >= 4 is 17.4 Å². The highest BCUT2D eigenvalue weighted by Gasteiger charge is 2.01. The smallest absolute Gasteiger partial charge is 0.119 e. The zero-order chi connectivity index (χ0) is 15.2. The molecule has 0 saturated heterocycles. The fourth-order valence-corrected chi connectivity index (χ4v) is 3.22.